The van der Waals surface area contributed by atoms with E-state index in [-0.39, 0.29) is 0 Å². The average Bonchev–Trinajstić information content (AvgIpc) is 2.91. The summed E-state index contributed by atoms with van der Waals surface area (Å²) in [5, 5.41) is 0. The van der Waals surface area contributed by atoms with Gasteiger partial charge < -0.3 is 4.90 Å². The molecule has 0 aromatic heterocycles. The Bertz CT molecular complexity index is 212. The minimum Gasteiger partial charge on any atom is -0.306 e. The van der Waals surface area contributed by atoms with Crippen LogP contribution in [0.2, 0.25) is 0 Å². The van der Waals surface area contributed by atoms with Crippen LogP contribution in [0.1, 0.15) is 97.3 Å². The van der Waals surface area contributed by atoms with Crippen molar-refractivity contribution in [3.05, 3.63) is 0 Å². The van der Waals surface area contributed by atoms with E-state index in [9.17, 15) is 0 Å². The average molecular weight is 296 g/mol. The molecule has 1 rings (SSSR count). The van der Waals surface area contributed by atoms with Crippen LogP contribution in [0.15, 0.2) is 0 Å². The lowest BCUT2D eigenvalue weighted by molar-refractivity contribution is 0.273. The van der Waals surface area contributed by atoms with Crippen molar-refractivity contribution in [3.8, 4) is 0 Å². The van der Waals surface area contributed by atoms with Crippen molar-refractivity contribution in [2.24, 2.45) is 11.8 Å². The second kappa shape index (κ2) is 12.5. The van der Waals surface area contributed by atoms with Gasteiger partial charge in [-0.05, 0) is 31.8 Å². The lowest BCUT2D eigenvalue weighted by atomic mass is 9.83. The predicted molar refractivity (Wildman–Crippen MR) is 95.8 cm³/mol. The van der Waals surface area contributed by atoms with E-state index in [0.717, 1.165) is 11.8 Å². The molecule has 1 fully saturated rings. The van der Waals surface area contributed by atoms with Crippen molar-refractivity contribution in [3.63, 3.8) is 0 Å². The van der Waals surface area contributed by atoms with Crippen molar-refractivity contribution < 1.29 is 0 Å². The largest absolute Gasteiger partial charge is 0.306 e. The van der Waals surface area contributed by atoms with Gasteiger partial charge in [-0.15, -0.1) is 0 Å². The minimum atomic E-state index is 1.01. The van der Waals surface area contributed by atoms with Gasteiger partial charge in [0.05, 0.1) is 0 Å². The van der Waals surface area contributed by atoms with Crippen molar-refractivity contribution in [2.45, 2.75) is 97.3 Å². The number of likely N-dealkylation sites (tertiary alicyclic amines) is 1. The number of hydrogen-bond acceptors (Lipinski definition) is 1. The molecule has 1 heterocycles. The Morgan fingerprint density at radius 3 is 1.76 bits per heavy atom. The van der Waals surface area contributed by atoms with E-state index in [4.69, 9.17) is 0 Å². The van der Waals surface area contributed by atoms with Crippen molar-refractivity contribution in [2.75, 3.05) is 20.1 Å². The molecule has 0 bridgehead atoms. The number of unbranched alkanes of at least 4 members (excludes halogenated alkanes) is 8. The Balaban J connectivity index is 2.21. The molecule has 1 aliphatic heterocycles. The third-order valence-corrected chi connectivity index (χ3v) is 5.45. The summed E-state index contributed by atoms with van der Waals surface area (Å²) in [6, 6.07) is 0. The third kappa shape index (κ3) is 8.86. The zero-order chi connectivity index (χ0) is 15.3. The molecule has 21 heavy (non-hydrogen) atoms. The first-order valence-electron chi connectivity index (χ1n) is 9.96. The lowest BCUT2D eigenvalue weighted by Crippen LogP contribution is -2.20. The molecule has 0 spiro atoms. The van der Waals surface area contributed by atoms with Crippen LogP contribution in [-0.4, -0.2) is 25.0 Å². The fraction of sp³-hybridized carbons (Fsp3) is 1.00. The molecule has 1 aliphatic rings. The molecule has 1 unspecified atom stereocenters. The summed E-state index contributed by atoms with van der Waals surface area (Å²) in [6.07, 6.45) is 18.9. The molecule has 1 heteroatoms. The SMILES string of the molecule is CCCCCCCC(CCCCCCC)C1CCN(C)C1. The molecule has 0 radical (unpaired) electrons. The molecule has 0 amide bonds. The van der Waals surface area contributed by atoms with Crippen molar-refractivity contribution in [1.29, 1.82) is 0 Å². The Morgan fingerprint density at radius 1 is 0.810 bits per heavy atom. The normalized spacial score (nSPS) is 19.7. The van der Waals surface area contributed by atoms with Gasteiger partial charge in [-0.25, -0.2) is 0 Å². The zero-order valence-electron chi connectivity index (χ0n) is 15.2. The number of rotatable bonds is 13. The number of nitrogens with zero attached hydrogens (tertiary/aromatic N) is 1. The highest BCUT2D eigenvalue weighted by Gasteiger charge is 2.26. The van der Waals surface area contributed by atoms with E-state index in [1.165, 1.54) is 96.6 Å². The summed E-state index contributed by atoms with van der Waals surface area (Å²) in [7, 11) is 2.31. The van der Waals surface area contributed by atoms with E-state index in [0.29, 0.717) is 0 Å². The van der Waals surface area contributed by atoms with Crippen LogP contribution in [-0.2, 0) is 0 Å². The maximum Gasteiger partial charge on any atom is 0.000973 e. The highest BCUT2D eigenvalue weighted by molar-refractivity contribution is 4.79. The second-order valence-electron chi connectivity index (χ2n) is 7.48. The quantitative estimate of drug-likeness (QED) is 0.362. The molecule has 0 saturated carbocycles. The Labute approximate surface area is 134 Å². The molecule has 0 aromatic carbocycles. The van der Waals surface area contributed by atoms with Gasteiger partial charge in [0.2, 0.25) is 0 Å². The maximum absolute atomic E-state index is 2.55. The van der Waals surface area contributed by atoms with Crippen LogP contribution in [0.3, 0.4) is 0 Å². The molecule has 0 N–H and O–H groups in total. The smallest absolute Gasteiger partial charge is 0.000973 e. The fourth-order valence-corrected chi connectivity index (χ4v) is 3.99. The van der Waals surface area contributed by atoms with Gasteiger partial charge in [-0.3, -0.25) is 0 Å². The van der Waals surface area contributed by atoms with Gasteiger partial charge in [-0.2, -0.15) is 0 Å². The first kappa shape index (κ1) is 19.0. The van der Waals surface area contributed by atoms with Crippen LogP contribution in [0.5, 0.6) is 0 Å². The summed E-state index contributed by atoms with van der Waals surface area (Å²) in [6.45, 7) is 7.34. The molecule has 0 aromatic rings. The number of hydrogen-bond donors (Lipinski definition) is 0. The highest BCUT2D eigenvalue weighted by atomic mass is 15.1. The first-order valence-corrected chi connectivity index (χ1v) is 9.96. The topological polar surface area (TPSA) is 3.24 Å². The van der Waals surface area contributed by atoms with Gasteiger partial charge in [0, 0.05) is 6.54 Å². The van der Waals surface area contributed by atoms with Crippen LogP contribution in [0, 0.1) is 11.8 Å². The van der Waals surface area contributed by atoms with Crippen molar-refractivity contribution in [1.82, 2.24) is 4.90 Å². The van der Waals surface area contributed by atoms with Gasteiger partial charge in [-0.1, -0.05) is 90.9 Å². The predicted octanol–water partition coefficient (Wildman–Crippen LogP) is 6.28. The van der Waals surface area contributed by atoms with E-state index in [2.05, 4.69) is 25.8 Å². The molecule has 0 aliphatic carbocycles. The summed E-state index contributed by atoms with van der Waals surface area (Å²) in [5.74, 6) is 2.03. The second-order valence-corrected chi connectivity index (χ2v) is 7.48. The third-order valence-electron chi connectivity index (χ3n) is 5.45. The van der Waals surface area contributed by atoms with E-state index >= 15 is 0 Å². The maximum atomic E-state index is 2.55. The monoisotopic (exact) mass is 295 g/mol. The highest BCUT2D eigenvalue weighted by Crippen LogP contribution is 2.31. The van der Waals surface area contributed by atoms with Crippen LogP contribution in [0.25, 0.3) is 0 Å². The van der Waals surface area contributed by atoms with Gasteiger partial charge in [0.15, 0.2) is 0 Å². The zero-order valence-corrected chi connectivity index (χ0v) is 15.2. The fourth-order valence-electron chi connectivity index (χ4n) is 3.99. The van der Waals surface area contributed by atoms with Gasteiger partial charge in [0.25, 0.3) is 0 Å². The molecular weight excluding hydrogens is 254 g/mol. The van der Waals surface area contributed by atoms with Gasteiger partial charge in [0.1, 0.15) is 0 Å². The lowest BCUT2D eigenvalue weighted by Gasteiger charge is -2.24. The first-order chi connectivity index (χ1) is 10.3. The molecule has 1 nitrogen and oxygen atoms in total. The van der Waals surface area contributed by atoms with E-state index in [1.54, 1.807) is 0 Å². The summed E-state index contributed by atoms with van der Waals surface area (Å²) < 4.78 is 0. The van der Waals surface area contributed by atoms with Crippen LogP contribution in [0.4, 0.5) is 0 Å². The van der Waals surface area contributed by atoms with Gasteiger partial charge >= 0.3 is 0 Å². The van der Waals surface area contributed by atoms with Crippen molar-refractivity contribution >= 4 is 0 Å². The molecule has 126 valence electrons. The minimum absolute atomic E-state index is 1.01. The van der Waals surface area contributed by atoms with Crippen LogP contribution >= 0.6 is 0 Å². The summed E-state index contributed by atoms with van der Waals surface area (Å²) in [4.78, 5) is 2.55. The Morgan fingerprint density at radius 2 is 1.33 bits per heavy atom. The molecule has 1 saturated heterocycles. The van der Waals surface area contributed by atoms with Crippen LogP contribution < -0.4 is 0 Å². The summed E-state index contributed by atoms with van der Waals surface area (Å²) in [5.41, 5.74) is 0. The summed E-state index contributed by atoms with van der Waals surface area (Å²) >= 11 is 0. The molecular formula is C20H41N. The molecule has 1 atom stereocenters. The standard InChI is InChI=1S/C20H41N/c1-4-6-8-10-12-14-19(15-13-11-9-7-5-2)20-16-17-21(3)18-20/h19-20H,4-18H2,1-3H3. The van der Waals surface area contributed by atoms with E-state index < -0.39 is 0 Å². The Kier molecular flexibility index (Phi) is 11.3. The van der Waals surface area contributed by atoms with E-state index in [1.807, 2.05) is 0 Å². The Hall–Kier alpha value is -0.0400.